The maximum atomic E-state index is 5.79. The Labute approximate surface area is 109 Å². The van der Waals surface area contributed by atoms with Gasteiger partial charge in [0.2, 0.25) is 0 Å². The monoisotopic (exact) mass is 292 g/mol. The highest BCUT2D eigenvalue weighted by atomic mass is 79.9. The van der Waals surface area contributed by atoms with Gasteiger partial charge in [-0.2, -0.15) is 0 Å². The van der Waals surface area contributed by atoms with Crippen LogP contribution in [0.2, 0.25) is 0 Å². The van der Waals surface area contributed by atoms with Crippen LogP contribution in [0.3, 0.4) is 0 Å². The number of benzene rings is 2. The average molecular weight is 293 g/mol. The van der Waals surface area contributed by atoms with Crippen LogP contribution in [0.1, 0.15) is 6.92 Å². The molecule has 0 aliphatic carbocycles. The fourth-order valence-corrected chi connectivity index (χ4v) is 1.84. The molecule has 0 saturated carbocycles. The summed E-state index contributed by atoms with van der Waals surface area (Å²) < 4.78 is 12.3. The number of hydrogen-bond acceptors (Lipinski definition) is 2. The van der Waals surface area contributed by atoms with Crippen LogP contribution in [0.15, 0.2) is 53.0 Å². The van der Waals surface area contributed by atoms with Crippen molar-refractivity contribution in [2.75, 3.05) is 6.61 Å². The molecule has 0 heterocycles. The first-order chi connectivity index (χ1) is 8.29. The van der Waals surface area contributed by atoms with Crippen molar-refractivity contribution in [3.8, 4) is 17.2 Å². The second-order valence-electron chi connectivity index (χ2n) is 3.44. The van der Waals surface area contributed by atoms with E-state index in [2.05, 4.69) is 15.9 Å². The third-order valence-electron chi connectivity index (χ3n) is 2.17. The van der Waals surface area contributed by atoms with Gasteiger partial charge in [0.1, 0.15) is 5.75 Å². The highest BCUT2D eigenvalue weighted by Crippen LogP contribution is 2.32. The van der Waals surface area contributed by atoms with Crippen molar-refractivity contribution in [3.63, 3.8) is 0 Å². The van der Waals surface area contributed by atoms with E-state index in [0.717, 1.165) is 21.7 Å². The van der Waals surface area contributed by atoms with Crippen LogP contribution in [-0.2, 0) is 0 Å². The summed E-state index contributed by atoms with van der Waals surface area (Å²) in [6.07, 6.45) is 0. The number of para-hydroxylation sites is 2. The van der Waals surface area contributed by atoms with Gasteiger partial charge in [-0.05, 0) is 37.3 Å². The van der Waals surface area contributed by atoms with E-state index in [1.165, 1.54) is 0 Å². The predicted molar refractivity (Wildman–Crippen MR) is 71.8 cm³/mol. The Bertz CT molecular complexity index is 497. The Balaban J connectivity index is 2.23. The van der Waals surface area contributed by atoms with E-state index < -0.39 is 0 Å². The molecule has 0 aromatic heterocycles. The number of halogens is 1. The van der Waals surface area contributed by atoms with Gasteiger partial charge in [-0.3, -0.25) is 0 Å². The summed E-state index contributed by atoms with van der Waals surface area (Å²) in [6.45, 7) is 2.58. The zero-order valence-corrected chi connectivity index (χ0v) is 11.1. The van der Waals surface area contributed by atoms with Crippen LogP contribution in [-0.4, -0.2) is 6.61 Å². The van der Waals surface area contributed by atoms with Gasteiger partial charge in [0.25, 0.3) is 0 Å². The molecular weight excluding hydrogens is 280 g/mol. The molecule has 0 fully saturated rings. The Kier molecular flexibility index (Phi) is 4.04. The SMILES string of the molecule is CCOc1ccccc1Oc1cccc(Br)c1. The van der Waals surface area contributed by atoms with Crippen molar-refractivity contribution in [1.29, 1.82) is 0 Å². The molecule has 2 nitrogen and oxygen atoms in total. The molecule has 0 saturated heterocycles. The van der Waals surface area contributed by atoms with E-state index in [-0.39, 0.29) is 0 Å². The fourth-order valence-electron chi connectivity index (χ4n) is 1.47. The highest BCUT2D eigenvalue weighted by molar-refractivity contribution is 9.10. The molecule has 0 radical (unpaired) electrons. The van der Waals surface area contributed by atoms with Gasteiger partial charge < -0.3 is 9.47 Å². The smallest absolute Gasteiger partial charge is 0.169 e. The molecule has 0 aliphatic rings. The van der Waals surface area contributed by atoms with Gasteiger partial charge in [0.15, 0.2) is 11.5 Å². The first kappa shape index (κ1) is 12.0. The Morgan fingerprint density at radius 2 is 1.76 bits per heavy atom. The summed E-state index contributed by atoms with van der Waals surface area (Å²) in [5.74, 6) is 2.27. The van der Waals surface area contributed by atoms with Crippen LogP contribution in [0, 0.1) is 0 Å². The Morgan fingerprint density at radius 3 is 2.47 bits per heavy atom. The minimum Gasteiger partial charge on any atom is -0.490 e. The average Bonchev–Trinajstić information content (AvgIpc) is 2.32. The van der Waals surface area contributed by atoms with Gasteiger partial charge in [-0.25, -0.2) is 0 Å². The molecule has 0 spiro atoms. The molecule has 0 amide bonds. The zero-order chi connectivity index (χ0) is 12.1. The summed E-state index contributed by atoms with van der Waals surface area (Å²) in [5, 5.41) is 0. The molecule has 88 valence electrons. The number of ether oxygens (including phenoxy) is 2. The van der Waals surface area contributed by atoms with E-state index >= 15 is 0 Å². The zero-order valence-electron chi connectivity index (χ0n) is 9.52. The van der Waals surface area contributed by atoms with E-state index in [1.807, 2.05) is 55.5 Å². The standard InChI is InChI=1S/C14H13BrO2/c1-2-16-13-8-3-4-9-14(13)17-12-7-5-6-11(15)10-12/h3-10H,2H2,1H3. The van der Waals surface area contributed by atoms with E-state index in [9.17, 15) is 0 Å². The second kappa shape index (κ2) is 5.73. The minimum absolute atomic E-state index is 0.624. The lowest BCUT2D eigenvalue weighted by Gasteiger charge is -2.11. The molecule has 0 unspecified atom stereocenters. The van der Waals surface area contributed by atoms with Crippen LogP contribution in [0.25, 0.3) is 0 Å². The third-order valence-corrected chi connectivity index (χ3v) is 2.67. The normalized spacial score (nSPS) is 10.0. The van der Waals surface area contributed by atoms with E-state index in [0.29, 0.717) is 6.61 Å². The number of hydrogen-bond donors (Lipinski definition) is 0. The molecule has 2 aromatic rings. The van der Waals surface area contributed by atoms with Crippen LogP contribution < -0.4 is 9.47 Å². The lowest BCUT2D eigenvalue weighted by molar-refractivity contribution is 0.321. The second-order valence-corrected chi connectivity index (χ2v) is 4.35. The fraction of sp³-hybridized carbons (Fsp3) is 0.143. The molecule has 3 heteroatoms. The molecule has 2 rings (SSSR count). The van der Waals surface area contributed by atoms with E-state index in [1.54, 1.807) is 0 Å². The quantitative estimate of drug-likeness (QED) is 0.817. The minimum atomic E-state index is 0.624. The highest BCUT2D eigenvalue weighted by Gasteiger charge is 2.04. The summed E-state index contributed by atoms with van der Waals surface area (Å²) in [6, 6.07) is 15.4. The molecule has 2 aromatic carbocycles. The van der Waals surface area contributed by atoms with Crippen LogP contribution in [0.4, 0.5) is 0 Å². The summed E-state index contributed by atoms with van der Waals surface area (Å²) in [7, 11) is 0. The number of rotatable bonds is 4. The van der Waals surface area contributed by atoms with Crippen molar-refractivity contribution in [3.05, 3.63) is 53.0 Å². The molecule has 0 aliphatic heterocycles. The summed E-state index contributed by atoms with van der Waals surface area (Å²) in [4.78, 5) is 0. The Morgan fingerprint density at radius 1 is 1.00 bits per heavy atom. The van der Waals surface area contributed by atoms with Crippen molar-refractivity contribution in [2.24, 2.45) is 0 Å². The third kappa shape index (κ3) is 3.24. The van der Waals surface area contributed by atoms with Gasteiger partial charge in [0.05, 0.1) is 6.61 Å². The van der Waals surface area contributed by atoms with E-state index in [4.69, 9.17) is 9.47 Å². The molecule has 0 atom stereocenters. The summed E-state index contributed by atoms with van der Waals surface area (Å²) in [5.41, 5.74) is 0. The lowest BCUT2D eigenvalue weighted by atomic mass is 10.3. The van der Waals surface area contributed by atoms with Gasteiger partial charge in [-0.1, -0.05) is 34.1 Å². The first-order valence-electron chi connectivity index (χ1n) is 5.45. The topological polar surface area (TPSA) is 18.5 Å². The van der Waals surface area contributed by atoms with Gasteiger partial charge in [-0.15, -0.1) is 0 Å². The first-order valence-corrected chi connectivity index (χ1v) is 6.24. The molecule has 0 N–H and O–H groups in total. The van der Waals surface area contributed by atoms with Crippen molar-refractivity contribution in [1.82, 2.24) is 0 Å². The predicted octanol–water partition coefficient (Wildman–Crippen LogP) is 4.64. The van der Waals surface area contributed by atoms with Gasteiger partial charge >= 0.3 is 0 Å². The molecule has 17 heavy (non-hydrogen) atoms. The maximum absolute atomic E-state index is 5.79. The van der Waals surface area contributed by atoms with Crippen molar-refractivity contribution < 1.29 is 9.47 Å². The molecule has 0 bridgehead atoms. The van der Waals surface area contributed by atoms with Crippen LogP contribution in [0.5, 0.6) is 17.2 Å². The van der Waals surface area contributed by atoms with Crippen molar-refractivity contribution >= 4 is 15.9 Å². The summed E-state index contributed by atoms with van der Waals surface area (Å²) >= 11 is 3.41. The molecular formula is C14H13BrO2. The Hall–Kier alpha value is -1.48. The lowest BCUT2D eigenvalue weighted by Crippen LogP contribution is -1.94. The largest absolute Gasteiger partial charge is 0.490 e. The maximum Gasteiger partial charge on any atom is 0.169 e. The van der Waals surface area contributed by atoms with Crippen molar-refractivity contribution in [2.45, 2.75) is 6.92 Å². The van der Waals surface area contributed by atoms with Crippen LogP contribution >= 0.6 is 15.9 Å². The van der Waals surface area contributed by atoms with Gasteiger partial charge in [0, 0.05) is 4.47 Å².